The molecular formula is C16H15NO5. The van der Waals surface area contributed by atoms with Crippen molar-refractivity contribution in [3.05, 3.63) is 45.8 Å². The molecule has 2 aromatic rings. The molecule has 0 aliphatic heterocycles. The average molecular weight is 301 g/mol. The zero-order valence-electron chi connectivity index (χ0n) is 12.0. The molecule has 1 fully saturated rings. The molecule has 6 nitrogen and oxygen atoms in total. The van der Waals surface area contributed by atoms with Crippen molar-refractivity contribution < 1.29 is 18.7 Å². The molecule has 114 valence electrons. The number of aryl methyl sites for hydroxylation is 1. The highest BCUT2D eigenvalue weighted by Crippen LogP contribution is 2.18. The minimum absolute atomic E-state index is 0.202. The lowest BCUT2D eigenvalue weighted by Gasteiger charge is -2.06. The van der Waals surface area contributed by atoms with Crippen LogP contribution in [0.25, 0.3) is 11.0 Å². The lowest BCUT2D eigenvalue weighted by atomic mass is 10.1. The van der Waals surface area contributed by atoms with Gasteiger partial charge in [0.15, 0.2) is 12.0 Å². The van der Waals surface area contributed by atoms with Gasteiger partial charge in [-0.2, -0.15) is 0 Å². The van der Waals surface area contributed by atoms with E-state index in [1.54, 1.807) is 18.2 Å². The Morgan fingerprint density at radius 3 is 2.82 bits per heavy atom. The minimum atomic E-state index is -0.828. The van der Waals surface area contributed by atoms with E-state index >= 15 is 0 Å². The van der Waals surface area contributed by atoms with Gasteiger partial charge >= 0.3 is 5.97 Å². The van der Waals surface area contributed by atoms with Crippen LogP contribution in [0.15, 0.2) is 33.5 Å². The number of carbonyl (C=O) groups is 2. The zero-order valence-corrected chi connectivity index (χ0v) is 12.0. The maximum atomic E-state index is 12.0. The fourth-order valence-electron chi connectivity index (χ4n) is 2.07. The third-order valence-electron chi connectivity index (χ3n) is 3.36. The molecule has 1 amide bonds. The van der Waals surface area contributed by atoms with E-state index in [4.69, 9.17) is 9.15 Å². The van der Waals surface area contributed by atoms with E-state index in [1.807, 2.05) is 6.92 Å². The first-order valence-corrected chi connectivity index (χ1v) is 7.04. The molecule has 0 saturated heterocycles. The Morgan fingerprint density at radius 2 is 2.09 bits per heavy atom. The van der Waals surface area contributed by atoms with E-state index in [1.165, 1.54) is 0 Å². The van der Waals surface area contributed by atoms with Crippen molar-refractivity contribution in [2.45, 2.75) is 25.8 Å². The molecular weight excluding hydrogens is 286 g/mol. The molecule has 3 rings (SSSR count). The quantitative estimate of drug-likeness (QED) is 0.866. The molecule has 0 radical (unpaired) electrons. The summed E-state index contributed by atoms with van der Waals surface area (Å²) in [6, 6.07) is 6.39. The number of ether oxygens (including phenoxy) is 1. The highest BCUT2D eigenvalue weighted by Gasteiger charge is 2.24. The second-order valence-electron chi connectivity index (χ2n) is 5.39. The van der Waals surface area contributed by atoms with Gasteiger partial charge in [0.05, 0.1) is 5.39 Å². The van der Waals surface area contributed by atoms with Crippen molar-refractivity contribution in [1.82, 2.24) is 5.32 Å². The van der Waals surface area contributed by atoms with Crippen molar-refractivity contribution in [1.29, 1.82) is 0 Å². The first-order valence-electron chi connectivity index (χ1n) is 7.04. The normalized spacial score (nSPS) is 13.9. The van der Waals surface area contributed by atoms with Gasteiger partial charge in [-0.1, -0.05) is 11.6 Å². The van der Waals surface area contributed by atoms with Crippen LogP contribution in [-0.2, 0) is 9.53 Å². The van der Waals surface area contributed by atoms with E-state index in [2.05, 4.69) is 5.32 Å². The number of hydrogen-bond donors (Lipinski definition) is 1. The molecule has 1 aliphatic rings. The standard InChI is InChI=1S/C16H15NO5/c1-9-2-5-13-11(6-9)12(18)7-14(22-13)16(20)21-8-15(19)17-10-3-4-10/h2,5-7,10H,3-4,8H2,1H3,(H,17,19). The Bertz CT molecular complexity index is 804. The SMILES string of the molecule is Cc1ccc2oc(C(=O)OCC(=O)NC3CC3)cc(=O)c2c1. The monoisotopic (exact) mass is 301 g/mol. The molecule has 0 spiro atoms. The van der Waals surface area contributed by atoms with Crippen molar-refractivity contribution in [2.24, 2.45) is 0 Å². The van der Waals surface area contributed by atoms with Crippen molar-refractivity contribution in [3.8, 4) is 0 Å². The summed E-state index contributed by atoms with van der Waals surface area (Å²) in [4.78, 5) is 35.3. The highest BCUT2D eigenvalue weighted by molar-refractivity contribution is 5.90. The smallest absolute Gasteiger partial charge is 0.374 e. The number of rotatable bonds is 4. The van der Waals surface area contributed by atoms with Gasteiger partial charge in [0, 0.05) is 12.1 Å². The Morgan fingerprint density at radius 1 is 1.32 bits per heavy atom. The lowest BCUT2D eigenvalue weighted by Crippen LogP contribution is -2.30. The summed E-state index contributed by atoms with van der Waals surface area (Å²) in [7, 11) is 0. The van der Waals surface area contributed by atoms with Gasteiger partial charge in [-0.05, 0) is 31.9 Å². The molecule has 1 aliphatic carbocycles. The number of carbonyl (C=O) groups excluding carboxylic acids is 2. The fraction of sp³-hybridized carbons (Fsp3) is 0.312. The van der Waals surface area contributed by atoms with Gasteiger partial charge in [-0.3, -0.25) is 9.59 Å². The van der Waals surface area contributed by atoms with Crippen LogP contribution in [-0.4, -0.2) is 24.5 Å². The molecule has 1 aromatic carbocycles. The number of fused-ring (bicyclic) bond motifs is 1. The van der Waals surface area contributed by atoms with Crippen molar-refractivity contribution in [2.75, 3.05) is 6.61 Å². The molecule has 1 aromatic heterocycles. The maximum Gasteiger partial charge on any atom is 0.374 e. The third kappa shape index (κ3) is 3.16. The van der Waals surface area contributed by atoms with Gasteiger partial charge in [-0.25, -0.2) is 4.79 Å². The highest BCUT2D eigenvalue weighted by atomic mass is 16.5. The molecule has 1 N–H and O–H groups in total. The van der Waals surface area contributed by atoms with Crippen molar-refractivity contribution >= 4 is 22.8 Å². The number of hydrogen-bond acceptors (Lipinski definition) is 5. The maximum absolute atomic E-state index is 12.0. The first-order chi connectivity index (χ1) is 10.5. The van der Waals surface area contributed by atoms with Crippen LogP contribution in [0.5, 0.6) is 0 Å². The molecule has 1 heterocycles. The number of benzene rings is 1. The second-order valence-corrected chi connectivity index (χ2v) is 5.39. The van der Waals surface area contributed by atoms with Crippen LogP contribution in [0.2, 0.25) is 0 Å². The van der Waals surface area contributed by atoms with E-state index in [0.29, 0.717) is 11.0 Å². The molecule has 0 unspecified atom stereocenters. The van der Waals surface area contributed by atoms with Gasteiger partial charge in [-0.15, -0.1) is 0 Å². The molecule has 0 bridgehead atoms. The Hall–Kier alpha value is -2.63. The van der Waals surface area contributed by atoms with E-state index in [0.717, 1.165) is 24.5 Å². The van der Waals surface area contributed by atoms with Gasteiger partial charge < -0.3 is 14.5 Å². The number of nitrogens with one attached hydrogen (secondary N) is 1. The summed E-state index contributed by atoms with van der Waals surface area (Å²) >= 11 is 0. The zero-order chi connectivity index (χ0) is 15.7. The van der Waals surface area contributed by atoms with Crippen LogP contribution in [0, 0.1) is 6.92 Å². The van der Waals surface area contributed by atoms with Gasteiger partial charge in [0.1, 0.15) is 5.58 Å². The van der Waals surface area contributed by atoms with Gasteiger partial charge in [0.2, 0.25) is 5.76 Å². The lowest BCUT2D eigenvalue weighted by molar-refractivity contribution is -0.124. The predicted octanol–water partition coefficient (Wildman–Crippen LogP) is 1.54. The van der Waals surface area contributed by atoms with Crippen LogP contribution >= 0.6 is 0 Å². The summed E-state index contributed by atoms with van der Waals surface area (Å²) in [5.41, 5.74) is 0.915. The fourth-order valence-corrected chi connectivity index (χ4v) is 2.07. The van der Waals surface area contributed by atoms with E-state index < -0.39 is 5.97 Å². The Balaban J connectivity index is 1.74. The van der Waals surface area contributed by atoms with Gasteiger partial charge in [0.25, 0.3) is 5.91 Å². The number of esters is 1. The van der Waals surface area contributed by atoms with E-state index in [9.17, 15) is 14.4 Å². The summed E-state index contributed by atoms with van der Waals surface area (Å²) in [6.07, 6.45) is 1.91. The largest absolute Gasteiger partial charge is 0.450 e. The molecule has 6 heteroatoms. The summed E-state index contributed by atoms with van der Waals surface area (Å²) in [5, 5.41) is 3.10. The third-order valence-corrected chi connectivity index (χ3v) is 3.36. The van der Waals surface area contributed by atoms with E-state index in [-0.39, 0.29) is 29.7 Å². The minimum Gasteiger partial charge on any atom is -0.450 e. The Kier molecular flexibility index (Phi) is 3.66. The summed E-state index contributed by atoms with van der Waals surface area (Å²) in [5.74, 6) is -1.39. The summed E-state index contributed by atoms with van der Waals surface area (Å²) < 4.78 is 10.2. The van der Waals surface area contributed by atoms with Crippen LogP contribution in [0.4, 0.5) is 0 Å². The average Bonchev–Trinajstić information content (AvgIpc) is 3.29. The molecule has 0 atom stereocenters. The summed E-state index contributed by atoms with van der Waals surface area (Å²) in [6.45, 7) is 1.48. The second kappa shape index (κ2) is 5.63. The topological polar surface area (TPSA) is 85.6 Å². The van der Waals surface area contributed by atoms with Crippen LogP contribution < -0.4 is 10.7 Å². The Labute approximate surface area is 126 Å². The molecule has 22 heavy (non-hydrogen) atoms. The van der Waals surface area contributed by atoms with Crippen LogP contribution in [0.1, 0.15) is 29.0 Å². The van der Waals surface area contributed by atoms with Crippen LogP contribution in [0.3, 0.4) is 0 Å². The predicted molar refractivity (Wildman–Crippen MR) is 78.7 cm³/mol. The molecule has 1 saturated carbocycles. The number of amides is 1. The first kappa shape index (κ1) is 14.3. The van der Waals surface area contributed by atoms with Crippen molar-refractivity contribution in [3.63, 3.8) is 0 Å².